The molecule has 0 aliphatic carbocycles. The van der Waals surface area contributed by atoms with Crippen LogP contribution in [0, 0.1) is 0 Å². The second-order valence-corrected chi connectivity index (χ2v) is 8.87. The van der Waals surface area contributed by atoms with Gasteiger partial charge in [-0.05, 0) is 36.4 Å². The van der Waals surface area contributed by atoms with Gasteiger partial charge in [-0.3, -0.25) is 14.9 Å². The Morgan fingerprint density at radius 1 is 1.13 bits per heavy atom. The number of primary sulfonamides is 1. The highest BCUT2D eigenvalue weighted by Crippen LogP contribution is 2.30. The van der Waals surface area contributed by atoms with Gasteiger partial charge in [0.1, 0.15) is 0 Å². The summed E-state index contributed by atoms with van der Waals surface area (Å²) in [5.74, 6) is 0. The van der Waals surface area contributed by atoms with Crippen LogP contribution in [0.1, 0.15) is 11.3 Å². The van der Waals surface area contributed by atoms with Crippen molar-refractivity contribution < 1.29 is 21.6 Å². The third-order valence-electron chi connectivity index (χ3n) is 4.19. The molecule has 3 N–H and O–H groups in total. The number of fused-ring (bicyclic) bond motifs is 1. The van der Waals surface area contributed by atoms with Gasteiger partial charge in [0, 0.05) is 6.21 Å². The number of hydrogen-bond donors (Lipinski definition) is 2. The molecule has 0 radical (unpaired) electrons. The number of nitrogens with two attached hydrogens (primary N) is 1. The molecule has 0 atom stereocenters. The zero-order chi connectivity index (χ0) is 22.4. The zero-order valence-corrected chi connectivity index (χ0v) is 16.9. The molecule has 13 heteroatoms. The van der Waals surface area contributed by atoms with E-state index < -0.39 is 33.0 Å². The quantitative estimate of drug-likeness (QED) is 0.448. The summed E-state index contributed by atoms with van der Waals surface area (Å²) in [7, 11) is -3.92. The van der Waals surface area contributed by atoms with Gasteiger partial charge >= 0.3 is 6.18 Å². The number of rotatable bonds is 4. The molecule has 0 spiro atoms. The van der Waals surface area contributed by atoms with E-state index in [4.69, 9.17) is 5.14 Å². The van der Waals surface area contributed by atoms with Gasteiger partial charge in [0.2, 0.25) is 15.2 Å². The molecule has 0 aliphatic heterocycles. The van der Waals surface area contributed by atoms with E-state index in [2.05, 4.69) is 15.1 Å². The largest absolute Gasteiger partial charge is 0.433 e. The Balaban J connectivity index is 1.78. The van der Waals surface area contributed by atoms with Crippen LogP contribution >= 0.6 is 11.3 Å². The molecule has 4 aromatic rings. The standard InChI is InChI=1S/C18H12F3N5O3S2/c19-18(20,21)15-12(9-23-10-5-7-11(8-6-10)31(22,28)29)16(27)26(25-15)17-24-13-3-1-2-4-14(13)30-17/h1-9,25H,(H2,22,28,29). The Bertz CT molecular complexity index is 1430. The fourth-order valence-corrected chi connectivity index (χ4v) is 4.18. The monoisotopic (exact) mass is 467 g/mol. The molecule has 8 nitrogen and oxygen atoms in total. The average Bonchev–Trinajstić information content (AvgIpc) is 3.26. The Labute approximate surface area is 176 Å². The number of aromatic nitrogens is 3. The van der Waals surface area contributed by atoms with Crippen LogP contribution in [-0.4, -0.2) is 29.4 Å². The van der Waals surface area contributed by atoms with E-state index in [1.54, 1.807) is 24.3 Å². The number of nitrogens with one attached hydrogen (secondary N) is 1. The van der Waals surface area contributed by atoms with Crippen LogP contribution in [0.4, 0.5) is 18.9 Å². The first kappa shape index (κ1) is 21.0. The van der Waals surface area contributed by atoms with Gasteiger partial charge in [-0.2, -0.15) is 17.9 Å². The van der Waals surface area contributed by atoms with Crippen LogP contribution in [0.2, 0.25) is 0 Å². The van der Waals surface area contributed by atoms with Gasteiger partial charge in [0.25, 0.3) is 5.56 Å². The summed E-state index contributed by atoms with van der Waals surface area (Å²) in [6, 6.07) is 11.7. The summed E-state index contributed by atoms with van der Waals surface area (Å²) in [4.78, 5) is 20.6. The highest BCUT2D eigenvalue weighted by molar-refractivity contribution is 7.89. The van der Waals surface area contributed by atoms with E-state index in [1.165, 1.54) is 12.1 Å². The molecular weight excluding hydrogens is 455 g/mol. The van der Waals surface area contributed by atoms with E-state index in [9.17, 15) is 26.4 Å². The fraction of sp³-hybridized carbons (Fsp3) is 0.0556. The number of hydrogen-bond acceptors (Lipinski definition) is 6. The summed E-state index contributed by atoms with van der Waals surface area (Å²) in [6.07, 6.45) is -4.07. The second kappa shape index (κ2) is 7.44. The average molecular weight is 467 g/mol. The minimum Gasteiger partial charge on any atom is -0.284 e. The van der Waals surface area contributed by atoms with Gasteiger partial charge in [-0.1, -0.05) is 23.5 Å². The van der Waals surface area contributed by atoms with Crippen LogP contribution in [-0.2, 0) is 16.2 Å². The molecule has 0 saturated heterocycles. The van der Waals surface area contributed by atoms with Gasteiger partial charge in [0.05, 0.1) is 26.4 Å². The maximum atomic E-state index is 13.5. The molecule has 0 saturated carbocycles. The van der Waals surface area contributed by atoms with Gasteiger partial charge < -0.3 is 0 Å². The smallest absolute Gasteiger partial charge is 0.284 e. The summed E-state index contributed by atoms with van der Waals surface area (Å²) >= 11 is 1.06. The number of sulfonamides is 1. The van der Waals surface area contributed by atoms with Crippen molar-refractivity contribution in [1.29, 1.82) is 0 Å². The molecule has 0 unspecified atom stereocenters. The molecular formula is C18H12F3N5O3S2. The Morgan fingerprint density at radius 3 is 2.42 bits per heavy atom. The lowest BCUT2D eigenvalue weighted by molar-refractivity contribution is -0.141. The fourth-order valence-electron chi connectivity index (χ4n) is 2.74. The van der Waals surface area contributed by atoms with Crippen LogP contribution in [0.25, 0.3) is 15.3 Å². The van der Waals surface area contributed by atoms with E-state index in [1.807, 2.05) is 0 Å². The van der Waals surface area contributed by atoms with Crippen LogP contribution in [0.15, 0.2) is 63.2 Å². The van der Waals surface area contributed by atoms with E-state index >= 15 is 0 Å². The van der Waals surface area contributed by atoms with Gasteiger partial charge in [0.15, 0.2) is 5.69 Å². The van der Waals surface area contributed by atoms with Crippen LogP contribution < -0.4 is 10.7 Å². The normalized spacial score (nSPS) is 12.8. The second-order valence-electron chi connectivity index (χ2n) is 6.30. The molecule has 2 heterocycles. The lowest BCUT2D eigenvalue weighted by Gasteiger charge is -2.03. The van der Waals surface area contributed by atoms with Crippen molar-refractivity contribution in [2.45, 2.75) is 11.1 Å². The number of halogens is 3. The maximum absolute atomic E-state index is 13.5. The lowest BCUT2D eigenvalue weighted by Crippen LogP contribution is -2.17. The van der Waals surface area contributed by atoms with Crippen molar-refractivity contribution in [2.75, 3.05) is 0 Å². The summed E-state index contributed by atoms with van der Waals surface area (Å²) < 4.78 is 64.6. The van der Waals surface area contributed by atoms with E-state index in [0.717, 1.165) is 34.4 Å². The number of H-pyrrole nitrogens is 1. The number of nitrogens with zero attached hydrogens (tertiary/aromatic N) is 3. The minimum atomic E-state index is -4.85. The molecule has 0 amide bonds. The Morgan fingerprint density at radius 2 is 1.81 bits per heavy atom. The molecule has 0 bridgehead atoms. The van der Waals surface area contributed by atoms with Crippen molar-refractivity contribution in [3.63, 3.8) is 0 Å². The molecule has 4 rings (SSSR count). The summed E-state index contributed by atoms with van der Waals surface area (Å²) in [5, 5.41) is 7.12. The predicted octanol–water partition coefficient (Wildman–Crippen LogP) is 3.19. The van der Waals surface area contributed by atoms with Crippen LogP contribution in [0.3, 0.4) is 0 Å². The number of aliphatic imine (C=N–C) groups is 1. The van der Waals surface area contributed by atoms with Gasteiger partial charge in [-0.25, -0.2) is 18.5 Å². The maximum Gasteiger partial charge on any atom is 0.433 e. The third kappa shape index (κ3) is 4.15. The first-order valence-corrected chi connectivity index (χ1v) is 10.9. The number of benzene rings is 2. The molecule has 2 aromatic carbocycles. The highest BCUT2D eigenvalue weighted by Gasteiger charge is 2.38. The van der Waals surface area contributed by atoms with Crippen molar-refractivity contribution in [3.05, 3.63) is 70.1 Å². The number of thiazole rings is 1. The lowest BCUT2D eigenvalue weighted by atomic mass is 10.2. The van der Waals surface area contributed by atoms with Crippen molar-refractivity contribution in [2.24, 2.45) is 10.1 Å². The van der Waals surface area contributed by atoms with Crippen molar-refractivity contribution in [1.82, 2.24) is 14.8 Å². The van der Waals surface area contributed by atoms with Gasteiger partial charge in [-0.15, -0.1) is 0 Å². The van der Waals surface area contributed by atoms with E-state index in [-0.39, 0.29) is 15.7 Å². The SMILES string of the molecule is NS(=O)(=O)c1ccc(N=Cc2c(C(F)(F)F)[nH]n(-c3nc4ccccc4s3)c2=O)cc1. The molecule has 160 valence electrons. The van der Waals surface area contributed by atoms with Crippen molar-refractivity contribution >= 4 is 43.5 Å². The van der Waals surface area contributed by atoms with E-state index in [0.29, 0.717) is 10.2 Å². The number of alkyl halides is 3. The molecule has 0 aliphatic rings. The Kier molecular flexibility index (Phi) is 5.03. The molecule has 2 aromatic heterocycles. The minimum absolute atomic E-state index is 0.0499. The van der Waals surface area contributed by atoms with Crippen molar-refractivity contribution in [3.8, 4) is 5.13 Å². The molecule has 31 heavy (non-hydrogen) atoms. The molecule has 0 fully saturated rings. The first-order chi connectivity index (χ1) is 14.5. The summed E-state index contributed by atoms with van der Waals surface area (Å²) in [6.45, 7) is 0. The zero-order valence-electron chi connectivity index (χ0n) is 15.3. The number of para-hydroxylation sites is 1. The summed E-state index contributed by atoms with van der Waals surface area (Å²) in [5.41, 5.74) is -2.28. The first-order valence-electron chi connectivity index (χ1n) is 8.49. The Hall–Kier alpha value is -3.29. The predicted molar refractivity (Wildman–Crippen MR) is 110 cm³/mol. The topological polar surface area (TPSA) is 123 Å². The highest BCUT2D eigenvalue weighted by atomic mass is 32.2. The number of aromatic amines is 1. The van der Waals surface area contributed by atoms with Crippen LogP contribution in [0.5, 0.6) is 0 Å². The third-order valence-corrected chi connectivity index (χ3v) is 6.14.